The lowest BCUT2D eigenvalue weighted by molar-refractivity contribution is -0.122. The second-order valence-electron chi connectivity index (χ2n) is 9.63. The minimum absolute atomic E-state index is 0.0184. The zero-order chi connectivity index (χ0) is 25.5. The molecular formula is C25H27ClFN3O5S. The first-order valence-electron chi connectivity index (χ1n) is 11.9. The van der Waals surface area contributed by atoms with Crippen LogP contribution in [-0.4, -0.2) is 68.9 Å². The van der Waals surface area contributed by atoms with Crippen molar-refractivity contribution in [3.05, 3.63) is 58.4 Å². The number of amides is 2. The van der Waals surface area contributed by atoms with E-state index >= 15 is 0 Å². The fourth-order valence-electron chi connectivity index (χ4n) is 5.27. The van der Waals surface area contributed by atoms with Gasteiger partial charge in [-0.05, 0) is 68.2 Å². The normalized spacial score (nSPS) is 22.3. The first-order valence-corrected chi connectivity index (χ1v) is 14.1. The molecule has 2 aromatic rings. The lowest BCUT2D eigenvalue weighted by Gasteiger charge is -2.37. The number of likely N-dealkylation sites (tertiary alicyclic amines) is 1. The third-order valence-electron chi connectivity index (χ3n) is 7.32. The highest BCUT2D eigenvalue weighted by Crippen LogP contribution is 2.45. The summed E-state index contributed by atoms with van der Waals surface area (Å²) in [6, 6.07) is 9.03. The first kappa shape index (κ1) is 25.0. The number of nitrogens with zero attached hydrogens (tertiary/aromatic N) is 1. The molecule has 3 heterocycles. The molecule has 2 fully saturated rings. The van der Waals surface area contributed by atoms with Crippen molar-refractivity contribution in [2.24, 2.45) is 0 Å². The van der Waals surface area contributed by atoms with Gasteiger partial charge < -0.3 is 15.4 Å². The molecule has 11 heteroatoms. The van der Waals surface area contributed by atoms with Gasteiger partial charge in [0.1, 0.15) is 18.2 Å². The summed E-state index contributed by atoms with van der Waals surface area (Å²) in [4.78, 5) is 27.3. The number of carbonyl (C=O) groups excluding carboxylic acids is 2. The molecule has 0 aromatic heterocycles. The van der Waals surface area contributed by atoms with Crippen molar-refractivity contribution < 1.29 is 27.1 Å². The second kappa shape index (κ2) is 9.64. The average Bonchev–Trinajstić information content (AvgIpc) is 3.30. The molecule has 2 aromatic carbocycles. The molecule has 1 spiro atoms. The fraction of sp³-hybridized carbons (Fsp3) is 0.440. The summed E-state index contributed by atoms with van der Waals surface area (Å²) >= 11 is 6.18. The lowest BCUT2D eigenvalue weighted by Crippen LogP contribution is -2.47. The minimum Gasteiger partial charge on any atom is -0.492 e. The van der Waals surface area contributed by atoms with Crippen LogP contribution in [-0.2, 0) is 20.0 Å². The fourth-order valence-corrected chi connectivity index (χ4v) is 7.12. The van der Waals surface area contributed by atoms with Crippen molar-refractivity contribution in [3.8, 4) is 5.75 Å². The van der Waals surface area contributed by atoms with Gasteiger partial charge >= 0.3 is 0 Å². The standard InChI is InChI=1S/C25H27ClFN3O5S/c26-16-1-4-22-20(13-16)25(24(32)29-22)6-8-30(9-7-25)10-11-35-18-2-3-19(21(27)14-18)23(31)28-17-5-12-36(33,34)15-17/h1-4,13-14,17H,5-12,15H2,(H,28,31)(H,29,32)/t17-/m1/s1. The quantitative estimate of drug-likeness (QED) is 0.589. The maximum absolute atomic E-state index is 14.5. The summed E-state index contributed by atoms with van der Waals surface area (Å²) in [7, 11) is -3.14. The van der Waals surface area contributed by atoms with Crippen LogP contribution in [0.4, 0.5) is 10.1 Å². The van der Waals surface area contributed by atoms with Crippen LogP contribution < -0.4 is 15.4 Å². The molecule has 3 aliphatic rings. The molecule has 36 heavy (non-hydrogen) atoms. The van der Waals surface area contributed by atoms with Crippen LogP contribution in [0.3, 0.4) is 0 Å². The van der Waals surface area contributed by atoms with E-state index in [2.05, 4.69) is 15.5 Å². The van der Waals surface area contributed by atoms with Crippen molar-refractivity contribution in [1.29, 1.82) is 0 Å². The molecule has 8 nitrogen and oxygen atoms in total. The van der Waals surface area contributed by atoms with E-state index in [4.69, 9.17) is 16.3 Å². The number of carbonyl (C=O) groups is 2. The van der Waals surface area contributed by atoms with Crippen molar-refractivity contribution in [2.75, 3.05) is 43.1 Å². The summed E-state index contributed by atoms with van der Waals surface area (Å²) in [5.41, 5.74) is 1.08. The highest BCUT2D eigenvalue weighted by molar-refractivity contribution is 7.91. The molecule has 2 saturated heterocycles. The Morgan fingerprint density at radius 2 is 2.00 bits per heavy atom. The molecule has 0 unspecified atom stereocenters. The van der Waals surface area contributed by atoms with Crippen LogP contribution in [0.25, 0.3) is 0 Å². The molecule has 0 saturated carbocycles. The Morgan fingerprint density at radius 1 is 1.22 bits per heavy atom. The van der Waals surface area contributed by atoms with Gasteiger partial charge in [-0.15, -0.1) is 0 Å². The van der Waals surface area contributed by atoms with E-state index in [1.165, 1.54) is 12.1 Å². The molecule has 2 N–H and O–H groups in total. The Morgan fingerprint density at radius 3 is 2.69 bits per heavy atom. The number of piperidine rings is 1. The number of benzene rings is 2. The smallest absolute Gasteiger partial charge is 0.254 e. The molecule has 0 bridgehead atoms. The molecule has 1 atom stereocenters. The van der Waals surface area contributed by atoms with Crippen LogP contribution in [0.5, 0.6) is 5.75 Å². The maximum atomic E-state index is 14.5. The predicted octanol–water partition coefficient (Wildman–Crippen LogP) is 2.76. The highest BCUT2D eigenvalue weighted by atomic mass is 35.5. The van der Waals surface area contributed by atoms with Gasteiger partial charge in [0.15, 0.2) is 9.84 Å². The van der Waals surface area contributed by atoms with E-state index in [0.29, 0.717) is 56.3 Å². The van der Waals surface area contributed by atoms with Gasteiger partial charge in [0.05, 0.1) is 22.5 Å². The number of hydrogen-bond acceptors (Lipinski definition) is 6. The number of halogens is 2. The van der Waals surface area contributed by atoms with Gasteiger partial charge in [-0.2, -0.15) is 0 Å². The van der Waals surface area contributed by atoms with Gasteiger partial charge in [0, 0.05) is 29.4 Å². The summed E-state index contributed by atoms with van der Waals surface area (Å²) in [6.07, 6.45) is 1.68. The Balaban J connectivity index is 1.12. The van der Waals surface area contributed by atoms with Crippen LogP contribution in [0.15, 0.2) is 36.4 Å². The summed E-state index contributed by atoms with van der Waals surface area (Å²) in [6.45, 7) is 2.37. The Kier molecular flexibility index (Phi) is 6.69. The molecular weight excluding hydrogens is 509 g/mol. The highest BCUT2D eigenvalue weighted by Gasteiger charge is 2.48. The molecule has 0 aliphatic carbocycles. The number of ether oxygens (including phenoxy) is 1. The van der Waals surface area contributed by atoms with E-state index in [1.54, 1.807) is 6.07 Å². The van der Waals surface area contributed by atoms with Crippen molar-refractivity contribution in [3.63, 3.8) is 0 Å². The van der Waals surface area contributed by atoms with Crippen molar-refractivity contribution >= 4 is 38.9 Å². The van der Waals surface area contributed by atoms with E-state index < -0.39 is 33.0 Å². The zero-order valence-corrected chi connectivity index (χ0v) is 21.1. The number of sulfone groups is 1. The van der Waals surface area contributed by atoms with E-state index in [1.807, 2.05) is 12.1 Å². The second-order valence-corrected chi connectivity index (χ2v) is 12.3. The average molecular weight is 536 g/mol. The minimum atomic E-state index is -3.14. The van der Waals surface area contributed by atoms with Gasteiger partial charge in [-0.25, -0.2) is 12.8 Å². The Labute approximate surface area is 214 Å². The van der Waals surface area contributed by atoms with Crippen molar-refractivity contribution in [2.45, 2.75) is 30.7 Å². The maximum Gasteiger partial charge on any atom is 0.254 e. The first-order chi connectivity index (χ1) is 17.1. The van der Waals surface area contributed by atoms with E-state index in [9.17, 15) is 22.4 Å². The van der Waals surface area contributed by atoms with Gasteiger partial charge in [-0.3, -0.25) is 14.5 Å². The molecule has 192 valence electrons. The Hall–Kier alpha value is -2.69. The predicted molar refractivity (Wildman–Crippen MR) is 134 cm³/mol. The third kappa shape index (κ3) is 4.94. The summed E-state index contributed by atoms with van der Waals surface area (Å²) < 4.78 is 43.4. The number of fused-ring (bicyclic) bond motifs is 2. The summed E-state index contributed by atoms with van der Waals surface area (Å²) in [5, 5.41) is 6.18. The van der Waals surface area contributed by atoms with E-state index in [0.717, 1.165) is 17.3 Å². The Bertz CT molecular complexity index is 1310. The molecule has 5 rings (SSSR count). The van der Waals surface area contributed by atoms with Gasteiger partial charge in [0.2, 0.25) is 5.91 Å². The topological polar surface area (TPSA) is 105 Å². The SMILES string of the molecule is O=C(N[C@@H]1CCS(=O)(=O)C1)c1ccc(OCCN2CCC3(CC2)C(=O)Nc2ccc(Cl)cc23)cc1F. The number of hydrogen-bond donors (Lipinski definition) is 2. The van der Waals surface area contributed by atoms with Crippen LogP contribution in [0.2, 0.25) is 5.02 Å². The largest absolute Gasteiger partial charge is 0.492 e. The number of anilines is 1. The van der Waals surface area contributed by atoms with Crippen LogP contribution in [0.1, 0.15) is 35.2 Å². The van der Waals surface area contributed by atoms with E-state index in [-0.39, 0.29) is 23.0 Å². The summed E-state index contributed by atoms with van der Waals surface area (Å²) in [5.74, 6) is -1.13. The lowest BCUT2D eigenvalue weighted by atomic mass is 9.73. The van der Waals surface area contributed by atoms with Crippen LogP contribution >= 0.6 is 11.6 Å². The number of nitrogens with one attached hydrogen (secondary N) is 2. The monoisotopic (exact) mass is 535 g/mol. The van der Waals surface area contributed by atoms with Gasteiger partial charge in [0.25, 0.3) is 5.91 Å². The third-order valence-corrected chi connectivity index (χ3v) is 9.32. The molecule has 3 aliphatic heterocycles. The van der Waals surface area contributed by atoms with Gasteiger partial charge in [-0.1, -0.05) is 11.6 Å². The zero-order valence-electron chi connectivity index (χ0n) is 19.6. The van der Waals surface area contributed by atoms with Crippen LogP contribution in [0, 0.1) is 5.82 Å². The van der Waals surface area contributed by atoms with Crippen molar-refractivity contribution in [1.82, 2.24) is 10.2 Å². The number of rotatable bonds is 6. The molecule has 2 amide bonds. The molecule has 0 radical (unpaired) electrons.